The lowest BCUT2D eigenvalue weighted by Crippen LogP contribution is -2.32. The fourth-order valence-corrected chi connectivity index (χ4v) is 1.22. The molecule has 0 aliphatic heterocycles. The summed E-state index contributed by atoms with van der Waals surface area (Å²) in [6, 6.07) is 2.69. The first-order valence-electron chi connectivity index (χ1n) is 3.03. The fourth-order valence-electron chi connectivity index (χ4n) is 0.740. The second-order valence-corrected chi connectivity index (χ2v) is 3.37. The Balaban J connectivity index is 3.27. The number of rotatable bonds is 1. The third-order valence-electron chi connectivity index (χ3n) is 1.34. The van der Waals surface area contributed by atoms with Gasteiger partial charge in [0.15, 0.2) is 0 Å². The summed E-state index contributed by atoms with van der Waals surface area (Å²) < 4.78 is 13.4. The molecular formula is C6H4BBrClFO2. The van der Waals surface area contributed by atoms with Crippen molar-refractivity contribution in [2.24, 2.45) is 0 Å². The Morgan fingerprint density at radius 2 is 2.00 bits per heavy atom. The molecule has 12 heavy (non-hydrogen) atoms. The Hall–Kier alpha value is -0.0951. The van der Waals surface area contributed by atoms with Crippen molar-refractivity contribution in [2.75, 3.05) is 0 Å². The van der Waals surface area contributed by atoms with Gasteiger partial charge in [-0.05, 0) is 22.0 Å². The van der Waals surface area contributed by atoms with Crippen LogP contribution >= 0.6 is 27.5 Å². The van der Waals surface area contributed by atoms with E-state index in [9.17, 15) is 4.39 Å². The average molecular weight is 253 g/mol. The number of benzene rings is 1. The monoisotopic (exact) mass is 252 g/mol. The summed E-state index contributed by atoms with van der Waals surface area (Å²) in [5.41, 5.74) is -0.233. The second-order valence-electron chi connectivity index (χ2n) is 2.14. The number of hydrogen-bond donors (Lipinski definition) is 2. The van der Waals surface area contributed by atoms with Crippen LogP contribution in [0.4, 0.5) is 4.39 Å². The summed E-state index contributed by atoms with van der Waals surface area (Å²) in [5, 5.41) is 17.2. The van der Waals surface area contributed by atoms with E-state index >= 15 is 0 Å². The molecule has 0 saturated heterocycles. The van der Waals surface area contributed by atoms with Crippen LogP contribution in [0.2, 0.25) is 5.02 Å². The Bertz CT molecular complexity index is 308. The second kappa shape index (κ2) is 3.74. The van der Waals surface area contributed by atoms with Gasteiger partial charge >= 0.3 is 7.12 Å². The van der Waals surface area contributed by atoms with Gasteiger partial charge in [0.1, 0.15) is 5.82 Å². The van der Waals surface area contributed by atoms with E-state index in [1.807, 2.05) is 0 Å². The van der Waals surface area contributed by atoms with E-state index in [1.54, 1.807) is 0 Å². The van der Waals surface area contributed by atoms with Gasteiger partial charge in [0, 0.05) is 9.94 Å². The minimum absolute atomic E-state index is 0.152. The molecule has 0 heterocycles. The van der Waals surface area contributed by atoms with Gasteiger partial charge in [-0.3, -0.25) is 0 Å². The van der Waals surface area contributed by atoms with Gasteiger partial charge in [0.05, 0.1) is 5.02 Å². The molecule has 2 N–H and O–H groups in total. The highest BCUT2D eigenvalue weighted by Crippen LogP contribution is 2.23. The fraction of sp³-hybridized carbons (Fsp3) is 0. The van der Waals surface area contributed by atoms with E-state index in [0.717, 1.165) is 0 Å². The van der Waals surface area contributed by atoms with Gasteiger partial charge in [-0.15, -0.1) is 0 Å². The lowest BCUT2D eigenvalue weighted by molar-refractivity contribution is 0.423. The summed E-state index contributed by atoms with van der Waals surface area (Å²) in [6.45, 7) is 0. The minimum atomic E-state index is -1.84. The van der Waals surface area contributed by atoms with Gasteiger partial charge in [0.25, 0.3) is 0 Å². The van der Waals surface area contributed by atoms with Crippen molar-refractivity contribution in [1.29, 1.82) is 0 Å². The molecule has 0 unspecified atom stereocenters. The van der Waals surface area contributed by atoms with Crippen LogP contribution in [0.1, 0.15) is 0 Å². The van der Waals surface area contributed by atoms with E-state index in [1.165, 1.54) is 12.1 Å². The van der Waals surface area contributed by atoms with Gasteiger partial charge in [0.2, 0.25) is 0 Å². The van der Waals surface area contributed by atoms with Crippen molar-refractivity contribution in [3.63, 3.8) is 0 Å². The molecule has 0 aliphatic rings. The summed E-state index contributed by atoms with van der Waals surface area (Å²) >= 11 is 8.48. The normalized spacial score (nSPS) is 10.1. The molecule has 0 aliphatic carbocycles. The van der Waals surface area contributed by atoms with Crippen molar-refractivity contribution >= 4 is 40.1 Å². The maximum Gasteiger partial charge on any atom is 0.491 e. The van der Waals surface area contributed by atoms with Crippen LogP contribution in [0.3, 0.4) is 0 Å². The molecule has 0 fully saturated rings. The first kappa shape index (κ1) is 9.99. The van der Waals surface area contributed by atoms with Gasteiger partial charge in [-0.2, -0.15) is 0 Å². The molecule has 0 atom stereocenters. The number of hydrogen-bond acceptors (Lipinski definition) is 2. The Labute approximate surface area is 82.2 Å². The summed E-state index contributed by atoms with van der Waals surface area (Å²) in [6.07, 6.45) is 0. The highest BCUT2D eigenvalue weighted by atomic mass is 79.9. The van der Waals surface area contributed by atoms with Crippen LogP contribution in [0.5, 0.6) is 0 Å². The van der Waals surface area contributed by atoms with Crippen LogP contribution in [-0.4, -0.2) is 17.2 Å². The zero-order valence-corrected chi connectivity index (χ0v) is 8.10. The zero-order valence-electron chi connectivity index (χ0n) is 5.76. The highest BCUT2D eigenvalue weighted by Gasteiger charge is 2.19. The molecule has 0 amide bonds. The van der Waals surface area contributed by atoms with Crippen LogP contribution in [0, 0.1) is 5.82 Å². The SMILES string of the molecule is OB(O)c1ccc(Br)c(Cl)c1F. The van der Waals surface area contributed by atoms with E-state index in [-0.39, 0.29) is 10.5 Å². The largest absolute Gasteiger partial charge is 0.491 e. The predicted octanol–water partition coefficient (Wildman–Crippen LogP) is 0.921. The maximum absolute atomic E-state index is 13.0. The van der Waals surface area contributed by atoms with E-state index in [2.05, 4.69) is 15.9 Å². The molecule has 6 heteroatoms. The Kier molecular flexibility index (Phi) is 3.12. The van der Waals surface area contributed by atoms with Crippen LogP contribution in [-0.2, 0) is 0 Å². The van der Waals surface area contributed by atoms with Crippen molar-refractivity contribution in [3.05, 3.63) is 27.4 Å². The Morgan fingerprint density at radius 3 is 2.50 bits per heavy atom. The van der Waals surface area contributed by atoms with E-state index < -0.39 is 12.9 Å². The smallest absolute Gasteiger partial charge is 0.423 e. The molecule has 0 saturated carbocycles. The molecule has 1 aromatic carbocycles. The Morgan fingerprint density at radius 1 is 1.42 bits per heavy atom. The first-order valence-corrected chi connectivity index (χ1v) is 4.20. The highest BCUT2D eigenvalue weighted by molar-refractivity contribution is 9.10. The number of halogens is 3. The summed E-state index contributed by atoms with van der Waals surface area (Å²) in [7, 11) is -1.84. The van der Waals surface area contributed by atoms with Crippen molar-refractivity contribution < 1.29 is 14.4 Å². The molecule has 1 aromatic rings. The predicted molar refractivity (Wildman–Crippen MR) is 48.9 cm³/mol. The molecule has 2 nitrogen and oxygen atoms in total. The zero-order chi connectivity index (χ0) is 9.30. The van der Waals surface area contributed by atoms with Gasteiger partial charge in [-0.25, -0.2) is 4.39 Å². The van der Waals surface area contributed by atoms with Crippen LogP contribution < -0.4 is 5.46 Å². The molecule has 0 bridgehead atoms. The quantitative estimate of drug-likeness (QED) is 0.577. The molecule has 64 valence electrons. The molecule has 0 aromatic heterocycles. The summed E-state index contributed by atoms with van der Waals surface area (Å²) in [4.78, 5) is 0. The third-order valence-corrected chi connectivity index (χ3v) is 2.60. The lowest BCUT2D eigenvalue weighted by atomic mass is 9.80. The molecule has 0 spiro atoms. The van der Waals surface area contributed by atoms with Gasteiger partial charge < -0.3 is 10.0 Å². The molecule has 0 radical (unpaired) electrons. The minimum Gasteiger partial charge on any atom is -0.423 e. The maximum atomic E-state index is 13.0. The van der Waals surface area contributed by atoms with Crippen LogP contribution in [0.25, 0.3) is 0 Å². The first-order chi connectivity index (χ1) is 5.54. The van der Waals surface area contributed by atoms with Crippen molar-refractivity contribution in [2.45, 2.75) is 0 Å². The molecule has 1 rings (SSSR count). The van der Waals surface area contributed by atoms with E-state index in [4.69, 9.17) is 21.6 Å². The van der Waals surface area contributed by atoms with Crippen molar-refractivity contribution in [1.82, 2.24) is 0 Å². The van der Waals surface area contributed by atoms with Gasteiger partial charge in [-0.1, -0.05) is 17.7 Å². The lowest BCUT2D eigenvalue weighted by Gasteiger charge is -2.03. The topological polar surface area (TPSA) is 40.5 Å². The average Bonchev–Trinajstić information content (AvgIpc) is 2.00. The molecular weight excluding hydrogens is 249 g/mol. The van der Waals surface area contributed by atoms with E-state index in [0.29, 0.717) is 4.47 Å². The van der Waals surface area contributed by atoms with Crippen LogP contribution in [0.15, 0.2) is 16.6 Å². The standard InChI is InChI=1S/C6H4BBrClFO2/c8-4-2-1-3(7(11)12)6(10)5(4)9/h1-2,11-12H. The van der Waals surface area contributed by atoms with Crippen molar-refractivity contribution in [3.8, 4) is 0 Å². The third kappa shape index (κ3) is 1.80. The summed E-state index contributed by atoms with van der Waals surface area (Å²) in [5.74, 6) is -0.818.